The number of carbonyl (C=O) groups excluding carboxylic acids is 2. The number of nitrogens with zero attached hydrogens (tertiary/aromatic N) is 1. The number of ether oxygens (including phenoxy) is 4. The van der Waals surface area contributed by atoms with Crippen LogP contribution in [0.4, 0.5) is 4.79 Å². The van der Waals surface area contributed by atoms with Gasteiger partial charge in [0.15, 0.2) is 11.5 Å². The van der Waals surface area contributed by atoms with Gasteiger partial charge < -0.3 is 24.3 Å². The Bertz CT molecular complexity index is 1330. The molecule has 0 bridgehead atoms. The van der Waals surface area contributed by atoms with E-state index in [9.17, 15) is 9.59 Å². The summed E-state index contributed by atoms with van der Waals surface area (Å²) in [6, 6.07) is 19.8. The number of rotatable bonds is 12. The first-order chi connectivity index (χ1) is 19.5. The van der Waals surface area contributed by atoms with E-state index < -0.39 is 23.6 Å². The number of hydrogen-bond acceptors (Lipinski definition) is 7. The zero-order valence-corrected chi connectivity index (χ0v) is 26.5. The fourth-order valence-electron chi connectivity index (χ4n) is 3.44. The van der Waals surface area contributed by atoms with Crippen molar-refractivity contribution < 1.29 is 28.5 Å². The molecule has 0 aliphatic carbocycles. The number of hydrazone groups is 1. The average molecular weight is 691 g/mol. The molecule has 2 N–H and O–H groups in total. The van der Waals surface area contributed by atoms with Gasteiger partial charge in [0.1, 0.15) is 18.2 Å². The van der Waals surface area contributed by atoms with Gasteiger partial charge in [-0.2, -0.15) is 5.10 Å². The minimum atomic E-state index is -1.04. The van der Waals surface area contributed by atoms with Crippen molar-refractivity contribution in [2.24, 2.45) is 5.10 Å². The Hall–Kier alpha value is -3.41. The van der Waals surface area contributed by atoms with Gasteiger partial charge in [0.25, 0.3) is 5.91 Å². The van der Waals surface area contributed by atoms with Crippen LogP contribution in [-0.4, -0.2) is 43.6 Å². The lowest BCUT2D eigenvalue weighted by atomic mass is 10.2. The summed E-state index contributed by atoms with van der Waals surface area (Å²) < 4.78 is 24.1. The number of amides is 2. The third-order valence-electron chi connectivity index (χ3n) is 5.34. The van der Waals surface area contributed by atoms with E-state index in [2.05, 4.69) is 47.7 Å². The first kappa shape index (κ1) is 32.1. The SMILES string of the molecule is COc1cc(/C=N\NC(=O)[C@H](COCc2ccccc2)NC(=O)OC(C)(C)C)cc(Br)c1OCc1ccc(Br)cc1. The highest BCUT2D eigenvalue weighted by atomic mass is 79.9. The molecule has 0 aromatic heterocycles. The van der Waals surface area contributed by atoms with E-state index in [-0.39, 0.29) is 13.2 Å². The van der Waals surface area contributed by atoms with Crippen molar-refractivity contribution in [3.63, 3.8) is 0 Å². The Morgan fingerprint density at radius 1 is 0.976 bits per heavy atom. The molecule has 0 spiro atoms. The first-order valence-electron chi connectivity index (χ1n) is 12.7. The Kier molecular flexibility index (Phi) is 12.2. The lowest BCUT2D eigenvalue weighted by Gasteiger charge is -2.22. The first-order valence-corrected chi connectivity index (χ1v) is 14.3. The highest BCUT2D eigenvalue weighted by molar-refractivity contribution is 9.10. The molecule has 0 saturated carbocycles. The number of nitrogens with one attached hydrogen (secondary N) is 2. The number of methoxy groups -OCH3 is 1. The maximum Gasteiger partial charge on any atom is 0.408 e. The van der Waals surface area contributed by atoms with Crippen molar-refractivity contribution in [3.05, 3.63) is 92.4 Å². The van der Waals surface area contributed by atoms with Crippen LogP contribution in [0.2, 0.25) is 0 Å². The van der Waals surface area contributed by atoms with E-state index in [1.807, 2.05) is 54.6 Å². The summed E-state index contributed by atoms with van der Waals surface area (Å²) >= 11 is 6.95. The van der Waals surface area contributed by atoms with E-state index in [1.165, 1.54) is 6.21 Å². The summed E-state index contributed by atoms with van der Waals surface area (Å²) in [6.07, 6.45) is 0.719. The Morgan fingerprint density at radius 3 is 2.32 bits per heavy atom. The second-order valence-corrected chi connectivity index (χ2v) is 11.7. The number of benzene rings is 3. The topological polar surface area (TPSA) is 107 Å². The minimum Gasteiger partial charge on any atom is -0.493 e. The van der Waals surface area contributed by atoms with E-state index >= 15 is 0 Å². The van der Waals surface area contributed by atoms with Crippen molar-refractivity contribution in [2.75, 3.05) is 13.7 Å². The summed E-state index contributed by atoms with van der Waals surface area (Å²) in [6.45, 7) is 5.75. The normalized spacial score (nSPS) is 12.0. The van der Waals surface area contributed by atoms with Crippen molar-refractivity contribution in [1.29, 1.82) is 0 Å². The molecule has 3 rings (SSSR count). The molecule has 0 radical (unpaired) electrons. The highest BCUT2D eigenvalue weighted by Gasteiger charge is 2.24. The summed E-state index contributed by atoms with van der Waals surface area (Å²) in [5, 5.41) is 6.62. The van der Waals surface area contributed by atoms with Crippen molar-refractivity contribution in [1.82, 2.24) is 10.7 Å². The van der Waals surface area contributed by atoms with Crippen molar-refractivity contribution in [2.45, 2.75) is 45.6 Å². The standard InChI is InChI=1S/C30H33Br2N3O6/c1-30(2,3)41-29(37)34-25(19-39-17-20-8-6-5-7-9-20)28(36)35-33-16-22-14-24(32)27(26(15-22)38-4)40-18-21-10-12-23(31)13-11-21/h5-16,25H,17-19H2,1-4H3,(H,34,37)(H,35,36)/b33-16-/t25-/m0/s1. The zero-order valence-electron chi connectivity index (χ0n) is 23.3. The predicted octanol–water partition coefficient (Wildman–Crippen LogP) is 6.36. The van der Waals surface area contributed by atoms with Crippen LogP contribution in [0.5, 0.6) is 11.5 Å². The average Bonchev–Trinajstić information content (AvgIpc) is 2.92. The summed E-state index contributed by atoms with van der Waals surface area (Å²) in [5.41, 5.74) is 4.31. The second-order valence-electron chi connectivity index (χ2n) is 9.88. The summed E-state index contributed by atoms with van der Waals surface area (Å²) in [4.78, 5) is 25.3. The van der Waals surface area contributed by atoms with Crippen LogP contribution in [0.1, 0.15) is 37.5 Å². The second kappa shape index (κ2) is 15.6. The Morgan fingerprint density at radius 2 is 1.66 bits per heavy atom. The van der Waals surface area contributed by atoms with Crippen molar-refractivity contribution >= 4 is 50.1 Å². The molecule has 218 valence electrons. The van der Waals surface area contributed by atoms with Crippen LogP contribution in [0.3, 0.4) is 0 Å². The molecule has 0 heterocycles. The molecule has 0 unspecified atom stereocenters. The van der Waals surface area contributed by atoms with Crippen LogP contribution in [0, 0.1) is 0 Å². The molecule has 41 heavy (non-hydrogen) atoms. The minimum absolute atomic E-state index is 0.0841. The lowest BCUT2D eigenvalue weighted by molar-refractivity contribution is -0.124. The van der Waals surface area contributed by atoms with E-state index in [0.717, 1.165) is 15.6 Å². The number of carbonyl (C=O) groups is 2. The maximum absolute atomic E-state index is 12.9. The molecule has 1 atom stereocenters. The molecule has 0 aliphatic rings. The van der Waals surface area contributed by atoms with Crippen LogP contribution in [0.15, 0.2) is 80.8 Å². The van der Waals surface area contributed by atoms with Crippen LogP contribution in [0.25, 0.3) is 0 Å². The van der Waals surface area contributed by atoms with Crippen LogP contribution >= 0.6 is 31.9 Å². The van der Waals surface area contributed by atoms with Gasteiger partial charge in [0.05, 0.1) is 31.0 Å². The highest BCUT2D eigenvalue weighted by Crippen LogP contribution is 2.37. The number of hydrogen-bond donors (Lipinski definition) is 2. The molecular formula is C30H33Br2N3O6. The molecule has 9 nitrogen and oxygen atoms in total. The van der Waals surface area contributed by atoms with E-state index in [4.69, 9.17) is 18.9 Å². The fourth-order valence-corrected chi connectivity index (χ4v) is 4.28. The quantitative estimate of drug-likeness (QED) is 0.169. The van der Waals surface area contributed by atoms with Gasteiger partial charge in [-0.15, -0.1) is 0 Å². The molecule has 0 saturated heterocycles. The monoisotopic (exact) mass is 689 g/mol. The Labute approximate surface area is 256 Å². The van der Waals surface area contributed by atoms with Gasteiger partial charge in [-0.05, 0) is 77.7 Å². The van der Waals surface area contributed by atoms with Crippen LogP contribution in [-0.2, 0) is 27.5 Å². The molecule has 0 aliphatic heterocycles. The molecule has 3 aromatic rings. The van der Waals surface area contributed by atoms with E-state index in [1.54, 1.807) is 40.0 Å². The van der Waals surface area contributed by atoms with E-state index in [0.29, 0.717) is 28.1 Å². The fraction of sp³-hybridized carbons (Fsp3) is 0.300. The summed E-state index contributed by atoms with van der Waals surface area (Å²) in [7, 11) is 1.54. The summed E-state index contributed by atoms with van der Waals surface area (Å²) in [5.74, 6) is 0.456. The van der Waals surface area contributed by atoms with Crippen molar-refractivity contribution in [3.8, 4) is 11.5 Å². The molecule has 3 aromatic carbocycles. The smallest absolute Gasteiger partial charge is 0.408 e. The largest absolute Gasteiger partial charge is 0.493 e. The maximum atomic E-state index is 12.9. The molecule has 0 fully saturated rings. The van der Waals surface area contributed by atoms with Gasteiger partial charge in [-0.1, -0.05) is 58.4 Å². The molecular weight excluding hydrogens is 658 g/mol. The number of alkyl carbamates (subject to hydrolysis) is 1. The van der Waals surface area contributed by atoms with Gasteiger partial charge >= 0.3 is 6.09 Å². The Balaban J connectivity index is 1.64. The van der Waals surface area contributed by atoms with Gasteiger partial charge in [-0.25, -0.2) is 10.2 Å². The zero-order chi connectivity index (χ0) is 29.8. The lowest BCUT2D eigenvalue weighted by Crippen LogP contribution is -2.49. The third kappa shape index (κ3) is 11.2. The van der Waals surface area contributed by atoms with Crippen LogP contribution < -0.4 is 20.2 Å². The molecule has 2 amide bonds. The van der Waals surface area contributed by atoms with Gasteiger partial charge in [0, 0.05) is 4.47 Å². The number of halogens is 2. The van der Waals surface area contributed by atoms with Gasteiger partial charge in [-0.3, -0.25) is 4.79 Å². The predicted molar refractivity (Wildman–Crippen MR) is 164 cm³/mol. The third-order valence-corrected chi connectivity index (χ3v) is 6.46. The van der Waals surface area contributed by atoms with Gasteiger partial charge in [0.2, 0.25) is 0 Å². The molecule has 11 heteroatoms.